The van der Waals surface area contributed by atoms with Gasteiger partial charge >= 0.3 is 5.97 Å². The van der Waals surface area contributed by atoms with Gasteiger partial charge in [0.05, 0.1) is 18.4 Å². The second-order valence-corrected chi connectivity index (χ2v) is 6.05. The third-order valence-electron chi connectivity index (χ3n) is 4.25. The molecule has 152 valence electrons. The first-order valence-electron chi connectivity index (χ1n) is 8.54. The van der Waals surface area contributed by atoms with Gasteiger partial charge in [0.1, 0.15) is 18.5 Å². The first kappa shape index (κ1) is 18.6. The molecule has 13 nitrogen and oxygen atoms in total. The smallest absolute Gasteiger partial charge is 0.341 e. The van der Waals surface area contributed by atoms with Gasteiger partial charge in [-0.1, -0.05) is 0 Å². The molecular weight excluding hydrogens is 386 g/mol. The number of carbonyl (C=O) groups is 1. The maximum atomic E-state index is 11.8. The average molecular weight is 403 g/mol. The Labute approximate surface area is 162 Å². The summed E-state index contributed by atoms with van der Waals surface area (Å²) >= 11 is 0. The van der Waals surface area contributed by atoms with Crippen LogP contribution in [0.5, 0.6) is 0 Å². The molecule has 0 radical (unpaired) electrons. The van der Waals surface area contributed by atoms with E-state index >= 15 is 0 Å². The number of esters is 1. The van der Waals surface area contributed by atoms with Gasteiger partial charge in [0.15, 0.2) is 29.1 Å². The van der Waals surface area contributed by atoms with Crippen LogP contribution in [0.4, 0.5) is 5.82 Å². The Morgan fingerprint density at radius 2 is 2.21 bits per heavy atom. The summed E-state index contributed by atoms with van der Waals surface area (Å²) in [4.78, 5) is 24.4. The van der Waals surface area contributed by atoms with Gasteiger partial charge < -0.3 is 30.5 Å². The normalized spacial score (nSPS) is 19.0. The molecule has 0 saturated heterocycles. The van der Waals surface area contributed by atoms with E-state index in [2.05, 4.69) is 20.1 Å². The largest absolute Gasteiger partial charge is 0.506 e. The van der Waals surface area contributed by atoms with Crippen LogP contribution >= 0.6 is 0 Å². The maximum Gasteiger partial charge on any atom is 0.341 e. The monoisotopic (exact) mass is 403 g/mol. The zero-order chi connectivity index (χ0) is 20.7. The fraction of sp³-hybridized carbons (Fsp3) is 0.312. The van der Waals surface area contributed by atoms with Crippen LogP contribution < -0.4 is 5.73 Å². The summed E-state index contributed by atoms with van der Waals surface area (Å²) in [6, 6.07) is 0. The fourth-order valence-electron chi connectivity index (χ4n) is 2.86. The van der Waals surface area contributed by atoms with Crippen molar-refractivity contribution in [2.75, 3.05) is 18.9 Å². The van der Waals surface area contributed by atoms with E-state index < -0.39 is 30.7 Å². The molecule has 1 aliphatic rings. The van der Waals surface area contributed by atoms with Gasteiger partial charge in [-0.25, -0.2) is 14.5 Å². The lowest BCUT2D eigenvalue weighted by molar-refractivity contribution is -0.0119. The summed E-state index contributed by atoms with van der Waals surface area (Å²) in [6.45, 7) is 1.33. The van der Waals surface area contributed by atoms with E-state index in [0.717, 1.165) is 0 Å². The molecule has 0 amide bonds. The van der Waals surface area contributed by atoms with Gasteiger partial charge in [-0.05, 0) is 6.92 Å². The number of rotatable bonds is 5. The first-order chi connectivity index (χ1) is 13.9. The number of imidazole rings is 1. The van der Waals surface area contributed by atoms with Crippen molar-refractivity contribution < 1.29 is 29.6 Å². The number of hydrogen-bond donors (Lipinski definition) is 4. The van der Waals surface area contributed by atoms with Crippen LogP contribution in [0, 0.1) is 0 Å². The number of fused-ring (bicyclic) bond motifs is 1. The first-order valence-corrected chi connectivity index (χ1v) is 8.54. The maximum absolute atomic E-state index is 11.8. The number of hydrogen-bond acceptors (Lipinski definition) is 11. The van der Waals surface area contributed by atoms with Gasteiger partial charge in [0.2, 0.25) is 6.23 Å². The lowest BCUT2D eigenvalue weighted by atomic mass is 10.2. The SMILES string of the molecule is CCOC(=O)c1cnn(-c2nc(N)c3ncn([C@@H]4OC(CO)=C(O)C4O)c3n2)c1. The Balaban J connectivity index is 1.74. The fourth-order valence-corrected chi connectivity index (χ4v) is 2.86. The number of nitrogens with two attached hydrogens (primary N) is 1. The van der Waals surface area contributed by atoms with Gasteiger partial charge in [0.25, 0.3) is 5.95 Å². The van der Waals surface area contributed by atoms with Crippen LogP contribution in [0.25, 0.3) is 17.1 Å². The van der Waals surface area contributed by atoms with E-state index in [0.29, 0.717) is 0 Å². The average Bonchev–Trinajstić information content (AvgIpc) is 3.41. The van der Waals surface area contributed by atoms with E-state index in [1.54, 1.807) is 6.92 Å². The Hall–Kier alpha value is -3.71. The Morgan fingerprint density at radius 3 is 2.90 bits per heavy atom. The lowest BCUT2D eigenvalue weighted by Crippen LogP contribution is -2.22. The van der Waals surface area contributed by atoms with Crippen molar-refractivity contribution >= 4 is 23.0 Å². The predicted molar refractivity (Wildman–Crippen MR) is 95.7 cm³/mol. The highest BCUT2D eigenvalue weighted by molar-refractivity contribution is 5.89. The zero-order valence-electron chi connectivity index (χ0n) is 15.1. The number of aliphatic hydroxyl groups excluding tert-OH is 3. The quantitative estimate of drug-likeness (QED) is 0.400. The topological polar surface area (TPSA) is 184 Å². The summed E-state index contributed by atoms with van der Waals surface area (Å²) in [6.07, 6.45) is 1.45. The van der Waals surface area contributed by atoms with Gasteiger partial charge in [0, 0.05) is 6.20 Å². The van der Waals surface area contributed by atoms with E-state index in [-0.39, 0.29) is 40.9 Å². The van der Waals surface area contributed by atoms with Crippen LogP contribution in [0.15, 0.2) is 30.2 Å². The molecule has 4 rings (SSSR count). The Morgan fingerprint density at radius 1 is 1.41 bits per heavy atom. The number of aliphatic hydroxyl groups is 3. The highest BCUT2D eigenvalue weighted by atomic mass is 16.5. The minimum absolute atomic E-state index is 0.0315. The van der Waals surface area contributed by atoms with Crippen molar-refractivity contribution in [2.24, 2.45) is 0 Å². The van der Waals surface area contributed by atoms with Crippen LogP contribution in [0.2, 0.25) is 0 Å². The summed E-state index contributed by atoms with van der Waals surface area (Å²) in [7, 11) is 0. The van der Waals surface area contributed by atoms with Crippen molar-refractivity contribution in [1.29, 1.82) is 0 Å². The molecule has 0 fully saturated rings. The standard InChI is InChI=1S/C16H17N7O6/c1-2-28-15(27)7-3-19-23(4-7)16-20-12(17)9-13(21-16)22(6-18-9)14-11(26)10(25)8(5-24)29-14/h3-4,6,11,14,24-26H,2,5H2,1H3,(H2,17,20,21)/t11?,14-/m1/s1. The van der Waals surface area contributed by atoms with E-state index in [4.69, 9.17) is 15.2 Å². The van der Waals surface area contributed by atoms with Crippen molar-refractivity contribution in [3.8, 4) is 5.95 Å². The molecule has 0 saturated carbocycles. The van der Waals surface area contributed by atoms with Crippen LogP contribution in [-0.4, -0.2) is 69.9 Å². The number of anilines is 1. The van der Waals surface area contributed by atoms with E-state index in [9.17, 15) is 20.1 Å². The minimum atomic E-state index is -1.44. The number of ether oxygens (including phenoxy) is 2. The molecule has 13 heteroatoms. The van der Waals surface area contributed by atoms with Gasteiger partial charge in [-0.3, -0.25) is 4.57 Å². The third kappa shape index (κ3) is 3.01. The molecule has 0 bridgehead atoms. The zero-order valence-corrected chi connectivity index (χ0v) is 15.1. The van der Waals surface area contributed by atoms with Crippen LogP contribution in [0.1, 0.15) is 23.5 Å². The highest BCUT2D eigenvalue weighted by Crippen LogP contribution is 2.33. The summed E-state index contributed by atoms with van der Waals surface area (Å²) in [5.41, 5.74) is 6.61. The van der Waals surface area contributed by atoms with Gasteiger partial charge in [-0.15, -0.1) is 0 Å². The van der Waals surface area contributed by atoms with Crippen molar-refractivity contribution in [3.63, 3.8) is 0 Å². The molecule has 1 aliphatic heterocycles. The summed E-state index contributed by atoms with van der Waals surface area (Å²) in [5.74, 6) is -1.10. The molecule has 0 aromatic carbocycles. The Kier molecular flexibility index (Phi) is 4.52. The molecule has 2 atom stereocenters. The minimum Gasteiger partial charge on any atom is -0.506 e. The van der Waals surface area contributed by atoms with Gasteiger partial charge in [-0.2, -0.15) is 15.1 Å². The lowest BCUT2D eigenvalue weighted by Gasteiger charge is -2.17. The molecule has 5 N–H and O–H groups in total. The van der Waals surface area contributed by atoms with Crippen LogP contribution in [-0.2, 0) is 9.47 Å². The van der Waals surface area contributed by atoms with E-state index in [1.165, 1.54) is 28.0 Å². The molecule has 4 heterocycles. The van der Waals surface area contributed by atoms with Crippen LogP contribution in [0.3, 0.4) is 0 Å². The number of carbonyl (C=O) groups excluding carboxylic acids is 1. The van der Waals surface area contributed by atoms with Crippen molar-refractivity contribution in [1.82, 2.24) is 29.3 Å². The van der Waals surface area contributed by atoms with E-state index in [1.807, 2.05) is 0 Å². The van der Waals surface area contributed by atoms with Crippen molar-refractivity contribution in [3.05, 3.63) is 35.8 Å². The molecule has 0 aliphatic carbocycles. The number of nitrogens with zero attached hydrogens (tertiary/aromatic N) is 6. The Bertz CT molecular complexity index is 1120. The second kappa shape index (κ2) is 7.03. The molecule has 29 heavy (non-hydrogen) atoms. The summed E-state index contributed by atoms with van der Waals surface area (Å²) < 4.78 is 12.9. The number of aromatic nitrogens is 6. The molecule has 0 spiro atoms. The number of nitrogen functional groups attached to an aromatic ring is 1. The van der Waals surface area contributed by atoms with Crippen molar-refractivity contribution in [2.45, 2.75) is 19.3 Å². The summed E-state index contributed by atoms with van der Waals surface area (Å²) in [5, 5.41) is 33.4. The highest BCUT2D eigenvalue weighted by Gasteiger charge is 2.38. The predicted octanol–water partition coefficient (Wildman–Crippen LogP) is -0.577. The third-order valence-corrected chi connectivity index (χ3v) is 4.25. The second-order valence-electron chi connectivity index (χ2n) is 6.05. The molecular formula is C16H17N7O6. The molecule has 3 aromatic rings. The molecule has 3 aromatic heterocycles. The molecule has 1 unspecified atom stereocenters.